The molecule has 6 heteroatoms. The Morgan fingerprint density at radius 3 is 2.67 bits per heavy atom. The standard InChI is InChI=1S/C15H17FN2OS.ClH/c16-11-3-4-13(19)12(10-11)15(14-2-1-9-20-14)18-7-5-17-6-8-18;/h1-4,9-10,15,17,19H,5-8H2;1H/t15-;/m1./s1. The van der Waals surface area contributed by atoms with Gasteiger partial charge in [0.2, 0.25) is 0 Å². The molecule has 0 bridgehead atoms. The van der Waals surface area contributed by atoms with Gasteiger partial charge in [0.25, 0.3) is 0 Å². The summed E-state index contributed by atoms with van der Waals surface area (Å²) in [5, 5.41) is 15.5. The third-order valence-corrected chi connectivity index (χ3v) is 4.54. The molecular weight excluding hydrogens is 311 g/mol. The third kappa shape index (κ3) is 3.55. The van der Waals surface area contributed by atoms with Crippen molar-refractivity contribution < 1.29 is 9.50 Å². The third-order valence-electron chi connectivity index (χ3n) is 3.61. The van der Waals surface area contributed by atoms with E-state index < -0.39 is 0 Å². The number of nitrogens with zero attached hydrogens (tertiary/aromatic N) is 1. The van der Waals surface area contributed by atoms with E-state index in [0.717, 1.165) is 31.1 Å². The maximum Gasteiger partial charge on any atom is 0.123 e. The highest BCUT2D eigenvalue weighted by molar-refractivity contribution is 7.10. The molecule has 114 valence electrons. The number of hydrogen-bond donors (Lipinski definition) is 2. The largest absolute Gasteiger partial charge is 0.508 e. The van der Waals surface area contributed by atoms with E-state index in [1.807, 2.05) is 17.5 Å². The Bertz CT molecular complexity index is 573. The predicted molar refractivity (Wildman–Crippen MR) is 85.9 cm³/mol. The molecule has 1 aliphatic heterocycles. The number of halogens is 2. The molecule has 2 heterocycles. The van der Waals surface area contributed by atoms with Gasteiger partial charge in [-0.15, -0.1) is 23.7 Å². The predicted octanol–water partition coefficient (Wildman–Crippen LogP) is 3.01. The molecule has 0 amide bonds. The zero-order valence-electron chi connectivity index (χ0n) is 11.5. The monoisotopic (exact) mass is 328 g/mol. The fourth-order valence-corrected chi connectivity index (χ4v) is 3.54. The lowest BCUT2D eigenvalue weighted by Gasteiger charge is -2.35. The molecule has 0 saturated carbocycles. The quantitative estimate of drug-likeness (QED) is 0.909. The van der Waals surface area contributed by atoms with Crippen LogP contribution in [0.25, 0.3) is 0 Å². The second kappa shape index (κ2) is 7.22. The number of phenolic OH excluding ortho intramolecular Hbond substituents is 1. The normalized spacial score (nSPS) is 17.2. The van der Waals surface area contributed by atoms with Crippen molar-refractivity contribution in [2.75, 3.05) is 26.2 Å². The number of piperazine rings is 1. The van der Waals surface area contributed by atoms with Crippen molar-refractivity contribution in [3.05, 3.63) is 52.0 Å². The lowest BCUT2D eigenvalue weighted by Crippen LogP contribution is -2.45. The maximum atomic E-state index is 13.6. The van der Waals surface area contributed by atoms with Gasteiger partial charge in [0.1, 0.15) is 11.6 Å². The first-order valence-corrected chi connectivity index (χ1v) is 7.60. The fourth-order valence-electron chi connectivity index (χ4n) is 2.66. The highest BCUT2D eigenvalue weighted by atomic mass is 35.5. The molecule has 21 heavy (non-hydrogen) atoms. The number of thiophene rings is 1. The van der Waals surface area contributed by atoms with Crippen molar-refractivity contribution >= 4 is 23.7 Å². The molecule has 0 aliphatic carbocycles. The number of benzene rings is 1. The minimum Gasteiger partial charge on any atom is -0.508 e. The first kappa shape index (κ1) is 16.2. The number of rotatable bonds is 3. The SMILES string of the molecule is Cl.Oc1ccc(F)cc1[C@H](c1cccs1)N1CCNCC1. The Labute approximate surface area is 133 Å². The fraction of sp³-hybridized carbons (Fsp3) is 0.333. The van der Waals surface area contributed by atoms with Crippen LogP contribution in [0.1, 0.15) is 16.5 Å². The number of nitrogens with one attached hydrogen (secondary N) is 1. The topological polar surface area (TPSA) is 35.5 Å². The van der Waals surface area contributed by atoms with Crippen LogP contribution in [-0.4, -0.2) is 36.2 Å². The molecule has 0 spiro atoms. The van der Waals surface area contributed by atoms with E-state index in [1.165, 1.54) is 18.2 Å². The van der Waals surface area contributed by atoms with Crippen molar-refractivity contribution in [2.24, 2.45) is 0 Å². The molecule has 3 rings (SSSR count). The lowest BCUT2D eigenvalue weighted by atomic mass is 10.0. The van der Waals surface area contributed by atoms with E-state index in [0.29, 0.717) is 5.56 Å². The van der Waals surface area contributed by atoms with Gasteiger partial charge in [0, 0.05) is 36.6 Å². The Kier molecular flexibility index (Phi) is 5.58. The molecule has 1 atom stereocenters. The first-order valence-electron chi connectivity index (χ1n) is 6.72. The van der Waals surface area contributed by atoms with Crippen molar-refractivity contribution in [1.29, 1.82) is 0 Å². The van der Waals surface area contributed by atoms with Gasteiger partial charge in [-0.2, -0.15) is 0 Å². The molecule has 0 radical (unpaired) electrons. The van der Waals surface area contributed by atoms with Crippen molar-refractivity contribution in [2.45, 2.75) is 6.04 Å². The number of hydrogen-bond acceptors (Lipinski definition) is 4. The van der Waals surface area contributed by atoms with Gasteiger partial charge in [-0.25, -0.2) is 4.39 Å². The summed E-state index contributed by atoms with van der Waals surface area (Å²) in [6.45, 7) is 3.60. The summed E-state index contributed by atoms with van der Waals surface area (Å²) >= 11 is 1.64. The van der Waals surface area contributed by atoms with Crippen molar-refractivity contribution in [3.63, 3.8) is 0 Å². The van der Waals surface area contributed by atoms with Crippen LogP contribution in [-0.2, 0) is 0 Å². The summed E-state index contributed by atoms with van der Waals surface area (Å²) in [6, 6.07) is 8.14. The lowest BCUT2D eigenvalue weighted by molar-refractivity contribution is 0.197. The van der Waals surface area contributed by atoms with Gasteiger partial charge in [0.05, 0.1) is 6.04 Å². The van der Waals surface area contributed by atoms with Gasteiger partial charge in [-0.3, -0.25) is 4.90 Å². The highest BCUT2D eigenvalue weighted by Gasteiger charge is 2.27. The molecule has 1 fully saturated rings. The summed E-state index contributed by atoms with van der Waals surface area (Å²) in [4.78, 5) is 3.42. The van der Waals surface area contributed by atoms with E-state index >= 15 is 0 Å². The van der Waals surface area contributed by atoms with E-state index in [2.05, 4.69) is 10.2 Å². The highest BCUT2D eigenvalue weighted by Crippen LogP contribution is 2.36. The first-order chi connectivity index (χ1) is 9.75. The van der Waals surface area contributed by atoms with E-state index in [-0.39, 0.29) is 30.0 Å². The Balaban J connectivity index is 0.00000161. The van der Waals surface area contributed by atoms with Gasteiger partial charge in [-0.05, 0) is 29.6 Å². The molecule has 1 aromatic heterocycles. The Hall–Kier alpha value is -1.14. The average molecular weight is 329 g/mol. The van der Waals surface area contributed by atoms with Crippen LogP contribution < -0.4 is 5.32 Å². The summed E-state index contributed by atoms with van der Waals surface area (Å²) in [6.07, 6.45) is 0. The maximum absolute atomic E-state index is 13.6. The summed E-state index contributed by atoms with van der Waals surface area (Å²) in [7, 11) is 0. The van der Waals surface area contributed by atoms with Gasteiger partial charge in [0.15, 0.2) is 0 Å². The zero-order valence-corrected chi connectivity index (χ0v) is 13.1. The van der Waals surface area contributed by atoms with Crippen LogP contribution in [0.15, 0.2) is 35.7 Å². The van der Waals surface area contributed by atoms with Crippen LogP contribution in [0.2, 0.25) is 0 Å². The Morgan fingerprint density at radius 1 is 1.24 bits per heavy atom. The van der Waals surface area contributed by atoms with E-state index in [9.17, 15) is 9.50 Å². The van der Waals surface area contributed by atoms with Gasteiger partial charge >= 0.3 is 0 Å². The molecule has 2 N–H and O–H groups in total. The van der Waals surface area contributed by atoms with Gasteiger partial charge < -0.3 is 10.4 Å². The van der Waals surface area contributed by atoms with Crippen LogP contribution in [0.5, 0.6) is 5.75 Å². The van der Waals surface area contributed by atoms with Gasteiger partial charge in [-0.1, -0.05) is 6.07 Å². The van der Waals surface area contributed by atoms with Crippen molar-refractivity contribution in [3.8, 4) is 5.75 Å². The molecule has 3 nitrogen and oxygen atoms in total. The van der Waals surface area contributed by atoms with E-state index in [4.69, 9.17) is 0 Å². The minimum atomic E-state index is -0.311. The molecule has 0 unspecified atom stereocenters. The smallest absolute Gasteiger partial charge is 0.123 e. The number of phenols is 1. The van der Waals surface area contributed by atoms with Crippen molar-refractivity contribution in [1.82, 2.24) is 10.2 Å². The minimum absolute atomic E-state index is 0. The molecule has 2 aromatic rings. The average Bonchev–Trinajstić information content (AvgIpc) is 2.98. The summed E-state index contributed by atoms with van der Waals surface area (Å²) in [5.41, 5.74) is 0.648. The second-order valence-electron chi connectivity index (χ2n) is 4.91. The second-order valence-corrected chi connectivity index (χ2v) is 5.89. The molecule has 1 aliphatic rings. The van der Waals surface area contributed by atoms with Crippen LogP contribution >= 0.6 is 23.7 Å². The van der Waals surface area contributed by atoms with Crippen LogP contribution in [0.3, 0.4) is 0 Å². The molecule has 1 saturated heterocycles. The van der Waals surface area contributed by atoms with Crippen LogP contribution in [0.4, 0.5) is 4.39 Å². The van der Waals surface area contributed by atoms with Crippen LogP contribution in [0, 0.1) is 5.82 Å². The Morgan fingerprint density at radius 2 is 2.00 bits per heavy atom. The summed E-state index contributed by atoms with van der Waals surface area (Å²) < 4.78 is 13.6. The zero-order chi connectivity index (χ0) is 13.9. The molecule has 1 aromatic carbocycles. The molecular formula is C15H18ClFN2OS. The summed E-state index contributed by atoms with van der Waals surface area (Å²) in [5.74, 6) is -0.155. The number of aromatic hydroxyl groups is 1. The van der Waals surface area contributed by atoms with E-state index in [1.54, 1.807) is 11.3 Å².